The number of aliphatic carboxylic acids is 3. The number of rotatable bonds is 32. The maximum Gasteiger partial charge on any atom is 0.397 e. The van der Waals surface area contributed by atoms with Gasteiger partial charge in [-0.15, -0.1) is 0 Å². The predicted molar refractivity (Wildman–Crippen MR) is 287 cm³/mol. The number of hydrogen-bond donors (Lipinski definition) is 23. The molecule has 0 saturated carbocycles. The maximum absolute atomic E-state index is 13.1. The number of ether oxygens (including phenoxy) is 12. The molecule has 98 heavy (non-hydrogen) atoms. The third-order valence-corrected chi connectivity index (χ3v) is 17.6. The van der Waals surface area contributed by atoms with Crippen LogP contribution in [-0.4, -0.2) is 379 Å². The minimum Gasteiger partial charge on any atom is -0.479 e. The summed E-state index contributed by atoms with van der Waals surface area (Å²) in [6, 6.07) is -8.08. The largest absolute Gasteiger partial charge is 0.479 e. The molecule has 0 aromatic heterocycles. The van der Waals surface area contributed by atoms with Gasteiger partial charge >= 0.3 is 80.0 Å². The summed E-state index contributed by atoms with van der Waals surface area (Å²) in [6.07, 6.45) is -73.9. The zero-order valence-electron chi connectivity index (χ0n) is 48.3. The van der Waals surface area contributed by atoms with E-state index in [4.69, 9.17) is 62.6 Å². The van der Waals surface area contributed by atoms with Gasteiger partial charge < -0.3 is 129 Å². The van der Waals surface area contributed by atoms with Crippen molar-refractivity contribution in [3.63, 3.8) is 0 Å². The van der Waals surface area contributed by atoms with Gasteiger partial charge in [0.1, 0.15) is 110 Å². The first kappa shape index (κ1) is 83.7. The Morgan fingerprint density at radius 1 is 0.357 bits per heavy atom. The highest BCUT2D eigenvalue weighted by molar-refractivity contribution is 7.84. The molecule has 0 aliphatic carbocycles. The Balaban J connectivity index is 1.32. The van der Waals surface area contributed by atoms with Crippen LogP contribution in [-0.2, 0) is 146 Å². The molecule has 24 N–H and O–H groups in total. The molecule has 0 amide bonds. The fraction of sp³-hybridized carbons (Fsp3) is 0.923. The van der Waals surface area contributed by atoms with Crippen molar-refractivity contribution < 1.29 is 228 Å². The summed E-state index contributed by atoms with van der Waals surface area (Å²) in [4.78, 5) is 38.4. The van der Waals surface area contributed by atoms with Gasteiger partial charge in [-0.3, -0.25) is 27.3 Å². The predicted octanol–water partition coefficient (Wildman–Crippen LogP) is -15.8. The Kier molecular flexibility index (Phi) is 28.4. The van der Waals surface area contributed by atoms with Gasteiger partial charge in [-0.25, -0.2) is 26.9 Å². The highest BCUT2D eigenvalue weighted by atomic mass is 32.3. The van der Waals surface area contributed by atoms with Gasteiger partial charge in [0.15, 0.2) is 74.4 Å². The lowest BCUT2D eigenvalue weighted by Gasteiger charge is -2.50. The zero-order chi connectivity index (χ0) is 74.0. The van der Waals surface area contributed by atoms with Gasteiger partial charge in [0.2, 0.25) is 0 Å². The molecule has 0 aromatic carbocycles. The first-order chi connectivity index (χ1) is 45.0. The second-order valence-electron chi connectivity index (χ2n) is 21.2. The fourth-order valence-corrected chi connectivity index (χ4v) is 13.7. The number of carboxylic acids is 3. The van der Waals surface area contributed by atoms with Crippen molar-refractivity contribution in [2.24, 2.45) is 5.73 Å². The molecule has 0 aromatic rings. The summed E-state index contributed by atoms with van der Waals surface area (Å²) >= 11 is 0. The Morgan fingerprint density at radius 3 is 0.908 bits per heavy atom. The van der Waals surface area contributed by atoms with E-state index < -0.39 is 290 Å². The van der Waals surface area contributed by atoms with E-state index in [2.05, 4.69) is 12.5 Å². The third kappa shape index (κ3) is 21.7. The Labute approximate surface area is 549 Å². The molecule has 59 heteroatoms. The number of carbonyl (C=O) groups is 3. The molecular formula is C39H66N4O49S6. The van der Waals surface area contributed by atoms with Crippen LogP contribution in [0.3, 0.4) is 0 Å². The van der Waals surface area contributed by atoms with Crippen molar-refractivity contribution in [3.05, 3.63) is 0 Å². The van der Waals surface area contributed by atoms with E-state index in [9.17, 15) is 159 Å². The number of hydrogen-bond acceptors (Lipinski definition) is 41. The van der Waals surface area contributed by atoms with E-state index in [0.717, 1.165) is 0 Å². The molecule has 0 bridgehead atoms. The van der Waals surface area contributed by atoms with E-state index in [1.165, 1.54) is 14.2 Å². The summed E-state index contributed by atoms with van der Waals surface area (Å²) in [7, 11) is -34.9. The molecule has 572 valence electrons. The number of aliphatic hydroxyl groups is 10. The summed E-state index contributed by atoms with van der Waals surface area (Å²) in [5.74, 6) is -6.83. The topological polar surface area (TPSA) is 841 Å². The Hall–Kier alpha value is -3.29. The number of nitrogens with one attached hydrogen (secondary N) is 3. The van der Waals surface area contributed by atoms with Gasteiger partial charge in [0.25, 0.3) is 0 Å². The van der Waals surface area contributed by atoms with Crippen LogP contribution in [0.2, 0.25) is 0 Å². The lowest BCUT2D eigenvalue weighted by Crippen LogP contribution is -2.71. The quantitative estimate of drug-likeness (QED) is 0.0220. The summed E-state index contributed by atoms with van der Waals surface area (Å²) < 4.78 is 287. The normalized spacial score (nSPS) is 41.1. The van der Waals surface area contributed by atoms with Gasteiger partial charge in [-0.2, -0.15) is 64.7 Å². The molecule has 6 saturated heterocycles. The molecule has 0 unspecified atom stereocenters. The van der Waals surface area contributed by atoms with Crippen molar-refractivity contribution in [2.45, 2.75) is 190 Å². The van der Waals surface area contributed by atoms with Gasteiger partial charge in [0, 0.05) is 0 Å². The highest BCUT2D eigenvalue weighted by Crippen LogP contribution is 2.39. The first-order valence-corrected chi connectivity index (χ1v) is 35.4. The van der Waals surface area contributed by atoms with E-state index in [0.29, 0.717) is 0 Å². The van der Waals surface area contributed by atoms with Crippen molar-refractivity contribution in [3.8, 4) is 0 Å². The van der Waals surface area contributed by atoms with Crippen LogP contribution in [0, 0.1) is 0 Å². The Morgan fingerprint density at radius 2 is 0.633 bits per heavy atom. The fourth-order valence-electron chi connectivity index (χ4n) is 10.5. The number of nitrogens with two attached hydrogens (primary N) is 1. The van der Waals surface area contributed by atoms with Crippen LogP contribution >= 0.6 is 0 Å². The van der Waals surface area contributed by atoms with E-state index in [1.54, 1.807) is 0 Å². The average Bonchev–Trinajstić information content (AvgIpc) is 0.766. The molecular weight excluding hydrogens is 1500 g/mol. The minimum atomic E-state index is -6.12. The van der Waals surface area contributed by atoms with Crippen LogP contribution in [0.25, 0.3) is 0 Å². The van der Waals surface area contributed by atoms with E-state index in [-0.39, 0.29) is 13.0 Å². The van der Waals surface area contributed by atoms with E-state index in [1.807, 2.05) is 0 Å². The van der Waals surface area contributed by atoms with Gasteiger partial charge in [0.05, 0.1) is 26.4 Å². The van der Waals surface area contributed by atoms with Gasteiger partial charge in [-0.05, 0) is 13.0 Å². The van der Waals surface area contributed by atoms with Crippen molar-refractivity contribution in [2.75, 3.05) is 33.0 Å². The molecule has 53 nitrogen and oxygen atoms in total. The Bertz CT molecular complexity index is 3440. The lowest BCUT2D eigenvalue weighted by atomic mass is 9.94. The monoisotopic (exact) mass is 1570 g/mol. The molecule has 6 rings (SSSR count). The van der Waals surface area contributed by atoms with Crippen molar-refractivity contribution >= 4 is 80.0 Å². The first-order valence-electron chi connectivity index (χ1n) is 27.0. The highest BCUT2D eigenvalue weighted by Gasteiger charge is 2.62. The summed E-state index contributed by atoms with van der Waals surface area (Å²) in [6.45, 7) is -5.04. The van der Waals surface area contributed by atoms with Crippen molar-refractivity contribution in [1.29, 1.82) is 0 Å². The van der Waals surface area contributed by atoms with Crippen LogP contribution in [0.1, 0.15) is 6.42 Å². The SMILES string of the molecule is NCCCO[C@@H]1O[C@H](C(=O)O)[C@@H](O[C@H]2O[C@H](CO)[C@@H](O[C@@H]3O[C@@H](C(=O)O)[C@@H](O[C@H]4O[C@H](CO)[C@@H](O[C@@H]5O[C@H](C(=O)O)[C@@H](O[C@H]6O[C@H](CO)[C@@H](O)[C@H](O)[C@H]6NS(=O)(=O)O)[C@H](O)[C@H]5OS(=O)(=O)O)[C@H](O)[C@H]4NS(=O)(=O)O)[C@H](O)[C@H]3OS(=O)(=O)O)[C@H](O)[C@H]2NS(=O)(=O)O)[C@H](O)[C@H]1OS(=O)(=O)O. The lowest BCUT2D eigenvalue weighted by molar-refractivity contribution is -0.376. The molecule has 0 radical (unpaired) electrons. The summed E-state index contributed by atoms with van der Waals surface area (Å²) in [5, 5.41) is 141. The molecule has 30 atom stereocenters. The zero-order valence-corrected chi connectivity index (χ0v) is 53.2. The molecule has 6 heterocycles. The van der Waals surface area contributed by atoms with Crippen molar-refractivity contribution in [1.82, 2.24) is 14.2 Å². The third-order valence-electron chi connectivity index (χ3n) is 14.5. The van der Waals surface area contributed by atoms with Crippen LogP contribution < -0.4 is 19.9 Å². The number of carboxylic acid groups (broad SMARTS) is 3. The minimum absolute atomic E-state index is 0.0383. The smallest absolute Gasteiger partial charge is 0.397 e. The van der Waals surface area contributed by atoms with Crippen LogP contribution in [0.4, 0.5) is 0 Å². The number of aliphatic hydroxyl groups excluding tert-OH is 10. The molecule has 0 spiro atoms. The second-order valence-corrected chi connectivity index (χ2v) is 27.9. The maximum atomic E-state index is 13.1. The standard InChI is InChI=1S/C39H66N4O49S6/c40-2-1-3-78-37-25(90-96(69,70)71)17(51)22(28(87-37)31(54)55)85-35-11(42-94(63,64)65)15(49)20(8(5-45)80-35)83-39-27(92-98(75,76)77)19(53)24(30(89-39)33(58)59)86-36-12(43-95(66,67)68)16(50)21(9(6-46)81-36)82-38-26(91-97(72,73)74)18(52)23(29(88-38)32(56)57)84-34-10(41-93(60,61)62)14(48)13(47)7(4-44)79-34/h7-30,34-39,41-53H,1-6,40H2,(H,54,55)(H,56,57)(H,58,59)(H,60,61,62)(H,63,64,65)(H,66,67,68)(H,69,70,71)(H,72,73,74)(H,75,76,77)/t7-,8-,9-,10-,11-,12-,13-,14-,15-,16-,17+,18+,19+,20-,21-,22+,23+,24+,25-,26-,27-,28+,29+,30-,34-,35-,36-,37-,38-,39-/m1/s1. The van der Waals surface area contributed by atoms with Crippen LogP contribution in [0.15, 0.2) is 0 Å². The van der Waals surface area contributed by atoms with Gasteiger partial charge in [-0.1, -0.05) is 0 Å². The van der Waals surface area contributed by atoms with Crippen LogP contribution in [0.5, 0.6) is 0 Å². The molecule has 6 fully saturated rings. The average molecular weight is 1570 g/mol. The second kappa shape index (κ2) is 33.2. The molecule has 6 aliphatic rings. The van der Waals surface area contributed by atoms with E-state index >= 15 is 0 Å². The summed E-state index contributed by atoms with van der Waals surface area (Å²) in [5.41, 5.74) is 5.40. The molecule has 6 aliphatic heterocycles.